The van der Waals surface area contributed by atoms with E-state index in [0.29, 0.717) is 18.9 Å². The number of amides is 1. The lowest BCUT2D eigenvalue weighted by molar-refractivity contribution is -0.0141. The molecule has 1 N–H and O–H groups in total. The Balaban J connectivity index is 1.58. The van der Waals surface area contributed by atoms with Gasteiger partial charge in [-0.2, -0.15) is 0 Å². The minimum absolute atomic E-state index is 0.000752. The van der Waals surface area contributed by atoms with Gasteiger partial charge in [0.05, 0.1) is 18.8 Å². The van der Waals surface area contributed by atoms with Gasteiger partial charge in [0.15, 0.2) is 0 Å². The molecule has 1 saturated heterocycles. The highest BCUT2D eigenvalue weighted by molar-refractivity contribution is 5.69. The Bertz CT molecular complexity index is 924. The van der Waals surface area contributed by atoms with Crippen molar-refractivity contribution in [3.63, 3.8) is 0 Å². The first-order valence-electron chi connectivity index (χ1n) is 9.63. The summed E-state index contributed by atoms with van der Waals surface area (Å²) in [6, 6.07) is 9.28. The smallest absolute Gasteiger partial charge is 0.410 e. The van der Waals surface area contributed by atoms with Crippen LogP contribution in [0.15, 0.2) is 42.7 Å². The lowest BCUT2D eigenvalue weighted by Gasteiger charge is -2.40. The third-order valence-corrected chi connectivity index (χ3v) is 4.39. The van der Waals surface area contributed by atoms with Gasteiger partial charge in [0, 0.05) is 23.9 Å². The van der Waals surface area contributed by atoms with Gasteiger partial charge < -0.3 is 19.5 Å². The van der Waals surface area contributed by atoms with E-state index in [-0.39, 0.29) is 18.7 Å². The minimum atomic E-state index is -0.508. The molecule has 2 aromatic rings. The number of likely N-dealkylation sites (tertiary alicyclic amines) is 1. The SMILES string of the molecule is CC(C)(C)OC(=O)N1CC[C@H]1COc1cncc(C#Cc2cccc(CO)c2)c1. The monoisotopic (exact) mass is 394 g/mol. The van der Waals surface area contributed by atoms with Crippen molar-refractivity contribution in [3.05, 3.63) is 59.4 Å². The molecule has 1 amide bonds. The number of nitrogens with zero attached hydrogens (tertiary/aromatic N) is 2. The number of aromatic nitrogens is 1. The van der Waals surface area contributed by atoms with E-state index in [1.165, 1.54) is 0 Å². The highest BCUT2D eigenvalue weighted by Gasteiger charge is 2.35. The molecule has 1 fully saturated rings. The number of carbonyl (C=O) groups is 1. The number of aliphatic hydroxyl groups excluding tert-OH is 1. The van der Waals surface area contributed by atoms with Crippen molar-refractivity contribution in [2.24, 2.45) is 0 Å². The molecule has 0 bridgehead atoms. The average Bonchev–Trinajstić information content (AvgIpc) is 2.64. The van der Waals surface area contributed by atoms with E-state index in [1.807, 2.05) is 51.1 Å². The van der Waals surface area contributed by atoms with Crippen molar-refractivity contribution in [2.75, 3.05) is 13.2 Å². The number of pyridine rings is 1. The van der Waals surface area contributed by atoms with Crippen LogP contribution in [0.1, 0.15) is 43.9 Å². The zero-order chi connectivity index (χ0) is 20.9. The summed E-state index contributed by atoms with van der Waals surface area (Å²) in [5, 5.41) is 9.21. The van der Waals surface area contributed by atoms with E-state index >= 15 is 0 Å². The van der Waals surface area contributed by atoms with E-state index in [1.54, 1.807) is 17.3 Å². The summed E-state index contributed by atoms with van der Waals surface area (Å²) in [6.45, 7) is 6.62. The van der Waals surface area contributed by atoms with Crippen molar-refractivity contribution in [3.8, 4) is 17.6 Å². The molecule has 0 unspecified atom stereocenters. The second-order valence-electron chi connectivity index (χ2n) is 7.95. The molecule has 1 atom stereocenters. The molecule has 3 rings (SSSR count). The molecule has 0 spiro atoms. The molecule has 1 aliphatic heterocycles. The van der Waals surface area contributed by atoms with Gasteiger partial charge in [-0.05, 0) is 51.0 Å². The van der Waals surface area contributed by atoms with Crippen LogP contribution in [-0.4, -0.2) is 45.9 Å². The van der Waals surface area contributed by atoms with Crippen LogP contribution in [0.3, 0.4) is 0 Å². The highest BCUT2D eigenvalue weighted by atomic mass is 16.6. The van der Waals surface area contributed by atoms with E-state index in [2.05, 4.69) is 16.8 Å². The Morgan fingerprint density at radius 3 is 2.72 bits per heavy atom. The first-order valence-corrected chi connectivity index (χ1v) is 9.63. The Kier molecular flexibility index (Phi) is 6.40. The summed E-state index contributed by atoms with van der Waals surface area (Å²) in [7, 11) is 0. The molecule has 1 aromatic carbocycles. The molecular formula is C23H26N2O4. The maximum atomic E-state index is 12.2. The van der Waals surface area contributed by atoms with E-state index < -0.39 is 5.60 Å². The summed E-state index contributed by atoms with van der Waals surface area (Å²) in [6.07, 6.45) is 3.88. The summed E-state index contributed by atoms with van der Waals surface area (Å²) in [5.41, 5.74) is 1.87. The lowest BCUT2D eigenvalue weighted by Crippen LogP contribution is -2.55. The fourth-order valence-electron chi connectivity index (χ4n) is 2.83. The van der Waals surface area contributed by atoms with Crippen LogP contribution in [0.2, 0.25) is 0 Å². The molecule has 0 radical (unpaired) electrons. The van der Waals surface area contributed by atoms with Crippen LogP contribution in [0.25, 0.3) is 0 Å². The van der Waals surface area contributed by atoms with Gasteiger partial charge in [-0.3, -0.25) is 4.98 Å². The number of rotatable bonds is 4. The third kappa shape index (κ3) is 5.97. The topological polar surface area (TPSA) is 71.9 Å². The Labute approximate surface area is 171 Å². The largest absolute Gasteiger partial charge is 0.490 e. The molecule has 1 aromatic heterocycles. The summed E-state index contributed by atoms with van der Waals surface area (Å²) in [5.74, 6) is 6.74. The number of hydrogen-bond acceptors (Lipinski definition) is 5. The van der Waals surface area contributed by atoms with Gasteiger partial charge in [-0.25, -0.2) is 4.79 Å². The van der Waals surface area contributed by atoms with Crippen LogP contribution in [0, 0.1) is 11.8 Å². The predicted molar refractivity (Wildman–Crippen MR) is 109 cm³/mol. The van der Waals surface area contributed by atoms with Crippen molar-refractivity contribution in [2.45, 2.75) is 45.4 Å². The summed E-state index contributed by atoms with van der Waals surface area (Å²) >= 11 is 0. The number of aliphatic hydroxyl groups is 1. The normalized spacial score (nSPS) is 15.7. The van der Waals surface area contributed by atoms with Crippen molar-refractivity contribution in [1.82, 2.24) is 9.88 Å². The highest BCUT2D eigenvalue weighted by Crippen LogP contribution is 2.22. The standard InChI is InChI=1S/C23H26N2O4/c1-23(2,3)29-22(27)25-10-9-20(25)16-28-21-12-18(13-24-14-21)8-7-17-5-4-6-19(11-17)15-26/h4-6,11-14,20,26H,9-10,15-16H2,1-3H3/t20-/m0/s1. The second kappa shape index (κ2) is 8.97. The van der Waals surface area contributed by atoms with Gasteiger partial charge in [-0.1, -0.05) is 24.0 Å². The molecule has 29 heavy (non-hydrogen) atoms. The first kappa shape index (κ1) is 20.7. The third-order valence-electron chi connectivity index (χ3n) is 4.39. The van der Waals surface area contributed by atoms with E-state index in [9.17, 15) is 9.90 Å². The molecule has 152 valence electrons. The van der Waals surface area contributed by atoms with E-state index in [4.69, 9.17) is 9.47 Å². The molecule has 2 heterocycles. The molecule has 0 saturated carbocycles. The summed E-state index contributed by atoms with van der Waals surface area (Å²) in [4.78, 5) is 18.1. The van der Waals surface area contributed by atoms with Crippen molar-refractivity contribution >= 4 is 6.09 Å². The predicted octanol–water partition coefficient (Wildman–Crippen LogP) is 3.36. The molecule has 1 aliphatic rings. The van der Waals surface area contributed by atoms with Gasteiger partial charge in [0.1, 0.15) is 18.0 Å². The van der Waals surface area contributed by atoms with Gasteiger partial charge in [0.25, 0.3) is 0 Å². The van der Waals surface area contributed by atoms with Crippen molar-refractivity contribution in [1.29, 1.82) is 0 Å². The number of ether oxygens (including phenoxy) is 2. The molecule has 6 heteroatoms. The first-order chi connectivity index (χ1) is 13.8. The average molecular weight is 394 g/mol. The van der Waals surface area contributed by atoms with Crippen LogP contribution < -0.4 is 4.74 Å². The maximum Gasteiger partial charge on any atom is 0.410 e. The summed E-state index contributed by atoms with van der Waals surface area (Å²) < 4.78 is 11.3. The number of hydrogen-bond donors (Lipinski definition) is 1. The quantitative estimate of drug-likeness (QED) is 0.805. The van der Waals surface area contributed by atoms with Crippen LogP contribution in [0.4, 0.5) is 4.79 Å². The second-order valence-corrected chi connectivity index (χ2v) is 7.95. The van der Waals surface area contributed by atoms with E-state index in [0.717, 1.165) is 23.1 Å². The van der Waals surface area contributed by atoms with Crippen LogP contribution in [-0.2, 0) is 11.3 Å². The molecule has 0 aliphatic carbocycles. The Morgan fingerprint density at radius 2 is 2.03 bits per heavy atom. The molecule has 6 nitrogen and oxygen atoms in total. The molecular weight excluding hydrogens is 368 g/mol. The van der Waals surface area contributed by atoms with Crippen LogP contribution in [0.5, 0.6) is 5.75 Å². The van der Waals surface area contributed by atoms with Gasteiger partial charge >= 0.3 is 6.09 Å². The lowest BCUT2D eigenvalue weighted by atomic mass is 10.1. The Hall–Kier alpha value is -3.04. The Morgan fingerprint density at radius 1 is 1.24 bits per heavy atom. The minimum Gasteiger partial charge on any atom is -0.490 e. The van der Waals surface area contributed by atoms with Gasteiger partial charge in [-0.15, -0.1) is 0 Å². The fraction of sp³-hybridized carbons (Fsp3) is 0.391. The van der Waals surface area contributed by atoms with Crippen LogP contribution >= 0.6 is 0 Å². The number of carbonyl (C=O) groups excluding carboxylic acids is 1. The zero-order valence-electron chi connectivity index (χ0n) is 17.0. The zero-order valence-corrected chi connectivity index (χ0v) is 17.0. The number of benzene rings is 1. The van der Waals surface area contributed by atoms with Gasteiger partial charge in [0.2, 0.25) is 0 Å². The van der Waals surface area contributed by atoms with Crippen molar-refractivity contribution < 1.29 is 19.4 Å². The fourth-order valence-corrected chi connectivity index (χ4v) is 2.83. The maximum absolute atomic E-state index is 12.2.